The van der Waals surface area contributed by atoms with Crippen LogP contribution in [0.2, 0.25) is 0 Å². The lowest BCUT2D eigenvalue weighted by atomic mass is 9.85. The minimum atomic E-state index is -3.41. The second-order valence-electron chi connectivity index (χ2n) is 5.37. The van der Waals surface area contributed by atoms with Crippen LogP contribution in [0.25, 0.3) is 0 Å². The third-order valence-electron chi connectivity index (χ3n) is 3.83. The Labute approximate surface area is 115 Å². The number of hydrogen-bond donors (Lipinski definition) is 2. The molecule has 1 aromatic rings. The van der Waals surface area contributed by atoms with Crippen molar-refractivity contribution < 1.29 is 8.42 Å². The van der Waals surface area contributed by atoms with Crippen LogP contribution in [0.1, 0.15) is 31.2 Å². The van der Waals surface area contributed by atoms with E-state index in [0.717, 1.165) is 31.2 Å². The highest BCUT2D eigenvalue weighted by molar-refractivity contribution is 7.89. The van der Waals surface area contributed by atoms with E-state index >= 15 is 0 Å². The van der Waals surface area contributed by atoms with Crippen LogP contribution in [0.5, 0.6) is 0 Å². The van der Waals surface area contributed by atoms with Gasteiger partial charge in [-0.15, -0.1) is 0 Å². The van der Waals surface area contributed by atoms with Crippen LogP contribution < -0.4 is 10.5 Å². The van der Waals surface area contributed by atoms with E-state index in [2.05, 4.69) is 4.72 Å². The van der Waals surface area contributed by atoms with Crippen LogP contribution in [0.3, 0.4) is 0 Å². The number of rotatable bonds is 4. The van der Waals surface area contributed by atoms with Gasteiger partial charge in [0.25, 0.3) is 0 Å². The molecule has 1 aliphatic carbocycles. The molecule has 4 nitrogen and oxygen atoms in total. The third-order valence-corrected chi connectivity index (χ3v) is 5.27. The maximum atomic E-state index is 12.1. The van der Waals surface area contributed by atoms with E-state index in [1.54, 1.807) is 24.3 Å². The molecule has 19 heavy (non-hydrogen) atoms. The van der Waals surface area contributed by atoms with E-state index in [1.165, 1.54) is 0 Å². The minimum absolute atomic E-state index is 0.120. The van der Waals surface area contributed by atoms with Gasteiger partial charge < -0.3 is 5.73 Å². The Morgan fingerprint density at radius 1 is 1.21 bits per heavy atom. The average Bonchev–Trinajstić information content (AvgIpc) is 2.38. The van der Waals surface area contributed by atoms with Gasteiger partial charge in [0.05, 0.1) is 4.90 Å². The zero-order valence-electron chi connectivity index (χ0n) is 11.3. The van der Waals surface area contributed by atoms with Gasteiger partial charge in [-0.3, -0.25) is 0 Å². The molecule has 1 saturated carbocycles. The summed E-state index contributed by atoms with van der Waals surface area (Å²) in [7, 11) is -3.41. The fourth-order valence-corrected chi connectivity index (χ4v) is 3.60. The van der Waals surface area contributed by atoms with Gasteiger partial charge in [0, 0.05) is 12.6 Å². The number of aryl methyl sites for hydroxylation is 1. The summed E-state index contributed by atoms with van der Waals surface area (Å²) < 4.78 is 27.0. The molecule has 0 heterocycles. The fraction of sp³-hybridized carbons (Fsp3) is 0.571. The first-order valence-electron chi connectivity index (χ1n) is 6.81. The van der Waals surface area contributed by atoms with Crippen molar-refractivity contribution in [2.45, 2.75) is 43.5 Å². The maximum Gasteiger partial charge on any atom is 0.240 e. The first-order chi connectivity index (χ1) is 8.99. The molecule has 106 valence electrons. The lowest BCUT2D eigenvalue weighted by molar-refractivity contribution is 0.308. The van der Waals surface area contributed by atoms with E-state index in [9.17, 15) is 8.42 Å². The summed E-state index contributed by atoms with van der Waals surface area (Å²) in [5.41, 5.74) is 7.08. The molecule has 0 aromatic heterocycles. The molecule has 1 aromatic carbocycles. The summed E-state index contributed by atoms with van der Waals surface area (Å²) in [6.07, 6.45) is 4.31. The van der Waals surface area contributed by atoms with E-state index in [1.807, 2.05) is 6.92 Å². The van der Waals surface area contributed by atoms with Gasteiger partial charge >= 0.3 is 0 Å². The van der Waals surface area contributed by atoms with Crippen LogP contribution in [0.4, 0.5) is 0 Å². The molecule has 1 aliphatic rings. The van der Waals surface area contributed by atoms with Crippen molar-refractivity contribution >= 4 is 10.0 Å². The highest BCUT2D eigenvalue weighted by Gasteiger charge is 2.24. The second kappa shape index (κ2) is 6.03. The van der Waals surface area contributed by atoms with E-state index in [-0.39, 0.29) is 12.0 Å². The Balaban J connectivity index is 1.99. The summed E-state index contributed by atoms with van der Waals surface area (Å²) in [6.45, 7) is 2.38. The predicted molar refractivity (Wildman–Crippen MR) is 76.3 cm³/mol. The normalized spacial score (nSPS) is 24.3. The highest BCUT2D eigenvalue weighted by atomic mass is 32.2. The third kappa shape index (κ3) is 3.78. The zero-order chi connectivity index (χ0) is 13.9. The van der Waals surface area contributed by atoms with Crippen molar-refractivity contribution in [3.05, 3.63) is 29.8 Å². The van der Waals surface area contributed by atoms with Gasteiger partial charge in [-0.2, -0.15) is 0 Å². The lowest BCUT2D eigenvalue weighted by Crippen LogP contribution is -2.41. The van der Waals surface area contributed by atoms with E-state index in [0.29, 0.717) is 11.4 Å². The van der Waals surface area contributed by atoms with Crippen molar-refractivity contribution in [2.75, 3.05) is 6.54 Å². The SMILES string of the molecule is Cc1ccc(S(=O)(=O)NCC2CCCCC2N)cc1. The second-order valence-corrected chi connectivity index (χ2v) is 7.14. The Bertz CT molecular complexity index is 511. The predicted octanol–water partition coefficient (Wildman–Crippen LogP) is 1.79. The molecule has 3 N–H and O–H groups in total. The van der Waals surface area contributed by atoms with Crippen LogP contribution >= 0.6 is 0 Å². The molecule has 0 saturated heterocycles. The summed E-state index contributed by atoms with van der Waals surface area (Å²) in [5.74, 6) is 0.258. The Hall–Kier alpha value is -0.910. The Morgan fingerprint density at radius 2 is 1.84 bits per heavy atom. The molecule has 0 radical (unpaired) electrons. The van der Waals surface area contributed by atoms with Crippen LogP contribution in [0, 0.1) is 12.8 Å². The molecule has 1 fully saturated rings. The fourth-order valence-electron chi connectivity index (χ4n) is 2.51. The van der Waals surface area contributed by atoms with Gasteiger partial charge in [-0.05, 0) is 37.8 Å². The van der Waals surface area contributed by atoms with Crippen molar-refractivity contribution in [3.63, 3.8) is 0 Å². The minimum Gasteiger partial charge on any atom is -0.327 e. The largest absolute Gasteiger partial charge is 0.327 e. The van der Waals surface area contributed by atoms with Gasteiger partial charge in [-0.1, -0.05) is 30.5 Å². The average molecular weight is 282 g/mol. The standard InChI is InChI=1S/C14H22N2O2S/c1-11-6-8-13(9-7-11)19(17,18)16-10-12-4-2-3-5-14(12)15/h6-9,12,14,16H,2-5,10,15H2,1H3. The zero-order valence-corrected chi connectivity index (χ0v) is 12.1. The monoisotopic (exact) mass is 282 g/mol. The molecule has 0 spiro atoms. The van der Waals surface area contributed by atoms with Crippen molar-refractivity contribution in [1.82, 2.24) is 4.72 Å². The summed E-state index contributed by atoms with van der Waals surface area (Å²) in [5, 5.41) is 0. The Morgan fingerprint density at radius 3 is 2.47 bits per heavy atom. The maximum absolute atomic E-state index is 12.1. The van der Waals surface area contributed by atoms with Gasteiger partial charge in [-0.25, -0.2) is 13.1 Å². The highest BCUT2D eigenvalue weighted by Crippen LogP contribution is 2.22. The van der Waals surface area contributed by atoms with Crippen LogP contribution in [0.15, 0.2) is 29.2 Å². The molecule has 2 atom stereocenters. The smallest absolute Gasteiger partial charge is 0.240 e. The number of nitrogens with one attached hydrogen (secondary N) is 1. The number of hydrogen-bond acceptors (Lipinski definition) is 3. The number of nitrogens with two attached hydrogens (primary N) is 1. The molecule has 5 heteroatoms. The lowest BCUT2D eigenvalue weighted by Gasteiger charge is -2.28. The van der Waals surface area contributed by atoms with E-state index in [4.69, 9.17) is 5.73 Å². The van der Waals surface area contributed by atoms with Crippen molar-refractivity contribution in [2.24, 2.45) is 11.7 Å². The van der Waals surface area contributed by atoms with Crippen LogP contribution in [-0.2, 0) is 10.0 Å². The number of benzene rings is 1. The van der Waals surface area contributed by atoms with Crippen LogP contribution in [-0.4, -0.2) is 21.0 Å². The number of sulfonamides is 1. The quantitative estimate of drug-likeness (QED) is 0.884. The summed E-state index contributed by atoms with van der Waals surface area (Å²) in [6, 6.07) is 7.01. The molecular weight excluding hydrogens is 260 g/mol. The topological polar surface area (TPSA) is 72.2 Å². The molecular formula is C14H22N2O2S. The van der Waals surface area contributed by atoms with Crippen molar-refractivity contribution in [1.29, 1.82) is 0 Å². The summed E-state index contributed by atoms with van der Waals surface area (Å²) in [4.78, 5) is 0.322. The molecule has 2 rings (SSSR count). The Kier molecular flexibility index (Phi) is 4.60. The molecule has 2 unspecified atom stereocenters. The molecule has 0 amide bonds. The van der Waals surface area contributed by atoms with E-state index < -0.39 is 10.0 Å². The first-order valence-corrected chi connectivity index (χ1v) is 8.29. The van der Waals surface area contributed by atoms with Gasteiger partial charge in [0.15, 0.2) is 0 Å². The van der Waals surface area contributed by atoms with Crippen molar-refractivity contribution in [3.8, 4) is 0 Å². The first kappa shape index (κ1) is 14.5. The summed E-state index contributed by atoms with van der Waals surface area (Å²) >= 11 is 0. The van der Waals surface area contributed by atoms with Gasteiger partial charge in [0.1, 0.15) is 0 Å². The molecule has 0 aliphatic heterocycles. The molecule has 0 bridgehead atoms. The van der Waals surface area contributed by atoms with Gasteiger partial charge in [0.2, 0.25) is 10.0 Å².